The third kappa shape index (κ3) is 6.87. The van der Waals surface area contributed by atoms with Gasteiger partial charge in [0.05, 0.1) is 19.0 Å². The first-order valence-electron chi connectivity index (χ1n) is 11.3. The van der Waals surface area contributed by atoms with Gasteiger partial charge in [-0.3, -0.25) is 14.4 Å². The van der Waals surface area contributed by atoms with Crippen molar-refractivity contribution in [1.29, 1.82) is 0 Å². The number of hydrogen-bond acceptors (Lipinski definition) is 7. The number of nitrogens with one attached hydrogen (secondary N) is 3. The summed E-state index contributed by atoms with van der Waals surface area (Å²) < 4.78 is 0. The van der Waals surface area contributed by atoms with Crippen molar-refractivity contribution in [3.05, 3.63) is 54.1 Å². The lowest BCUT2D eigenvalue weighted by molar-refractivity contribution is -0.143. The number of carbonyl (C=O) groups is 4. The number of aromatic nitrogens is 2. The van der Waals surface area contributed by atoms with Gasteiger partial charge >= 0.3 is 5.97 Å². The molecule has 2 heterocycles. The highest BCUT2D eigenvalue weighted by molar-refractivity contribution is 5.94. The fourth-order valence-electron chi connectivity index (χ4n) is 4.02. The van der Waals surface area contributed by atoms with Gasteiger partial charge in [-0.2, -0.15) is 0 Å². The first-order valence-corrected chi connectivity index (χ1v) is 11.3. The molecule has 1 aliphatic rings. The Kier molecular flexibility index (Phi) is 8.92. The van der Waals surface area contributed by atoms with Crippen LogP contribution in [0.1, 0.15) is 24.1 Å². The van der Waals surface area contributed by atoms with Gasteiger partial charge in [-0.05, 0) is 18.4 Å². The van der Waals surface area contributed by atoms with Gasteiger partial charge in [-0.15, -0.1) is 0 Å². The summed E-state index contributed by atoms with van der Waals surface area (Å²) in [6.45, 7) is -0.406. The van der Waals surface area contributed by atoms with Crippen molar-refractivity contribution in [1.82, 2.24) is 25.5 Å². The van der Waals surface area contributed by atoms with E-state index < -0.39 is 54.5 Å². The van der Waals surface area contributed by atoms with Crippen LogP contribution in [0.5, 0.6) is 0 Å². The van der Waals surface area contributed by atoms with E-state index in [1.54, 1.807) is 36.5 Å². The highest BCUT2D eigenvalue weighted by Crippen LogP contribution is 2.19. The third-order valence-electron chi connectivity index (χ3n) is 5.86. The van der Waals surface area contributed by atoms with Crippen LogP contribution in [0.3, 0.4) is 0 Å². The minimum Gasteiger partial charge on any atom is -0.480 e. The van der Waals surface area contributed by atoms with E-state index in [1.165, 1.54) is 11.2 Å². The molecule has 12 nitrogen and oxygen atoms in total. The van der Waals surface area contributed by atoms with Crippen LogP contribution in [0, 0.1) is 0 Å². The molecule has 12 heteroatoms. The Morgan fingerprint density at radius 3 is 2.51 bits per heavy atom. The van der Waals surface area contributed by atoms with Crippen LogP contribution < -0.4 is 16.4 Å². The number of nitrogens with two attached hydrogens (primary N) is 1. The molecule has 1 aromatic carbocycles. The van der Waals surface area contributed by atoms with Gasteiger partial charge in [0.2, 0.25) is 17.7 Å². The molecule has 0 saturated carbocycles. The maximum absolute atomic E-state index is 12.9. The number of carboxylic acid groups (broad SMARTS) is 1. The number of benzene rings is 1. The minimum absolute atomic E-state index is 0.0349. The largest absolute Gasteiger partial charge is 0.480 e. The van der Waals surface area contributed by atoms with Crippen LogP contribution in [0.25, 0.3) is 0 Å². The Labute approximate surface area is 201 Å². The smallest absolute Gasteiger partial charge is 0.326 e. The predicted octanol–water partition coefficient (Wildman–Crippen LogP) is -1.44. The van der Waals surface area contributed by atoms with Crippen molar-refractivity contribution in [2.45, 2.75) is 49.9 Å². The van der Waals surface area contributed by atoms with E-state index in [2.05, 4.69) is 20.6 Å². The van der Waals surface area contributed by atoms with Gasteiger partial charge in [0.25, 0.3) is 0 Å². The number of likely N-dealkylation sites (tertiary alicyclic amines) is 1. The molecule has 1 fully saturated rings. The highest BCUT2D eigenvalue weighted by Gasteiger charge is 2.38. The summed E-state index contributed by atoms with van der Waals surface area (Å²) in [5.74, 6) is -3.11. The fraction of sp³-hybridized carbons (Fsp3) is 0.435. The number of imidazole rings is 1. The van der Waals surface area contributed by atoms with E-state index in [0.717, 1.165) is 0 Å². The number of aliphatic carboxylic acids is 1. The Bertz CT molecular complexity index is 1010. The van der Waals surface area contributed by atoms with Crippen molar-refractivity contribution in [3.63, 3.8) is 0 Å². The summed E-state index contributed by atoms with van der Waals surface area (Å²) in [6.07, 6.45) is 4.26. The molecular weight excluding hydrogens is 456 g/mol. The average molecular weight is 487 g/mol. The molecule has 2 aromatic rings. The number of rotatable bonds is 11. The summed E-state index contributed by atoms with van der Waals surface area (Å²) in [5, 5.41) is 24.0. The number of carboxylic acids is 1. The molecule has 3 amide bonds. The zero-order valence-corrected chi connectivity index (χ0v) is 19.1. The second-order valence-corrected chi connectivity index (χ2v) is 8.41. The maximum atomic E-state index is 12.9. The van der Waals surface area contributed by atoms with Crippen molar-refractivity contribution in [3.8, 4) is 0 Å². The second kappa shape index (κ2) is 12.1. The van der Waals surface area contributed by atoms with Crippen LogP contribution in [0.4, 0.5) is 0 Å². The normalized spacial score (nSPS) is 17.9. The van der Waals surface area contributed by atoms with E-state index in [1.807, 2.05) is 0 Å². The standard InChI is InChI=1S/C23H30N6O6/c24-16(10-15-11-25-13-26-15)22(33)29-8-4-7-19(29)21(32)28-18(12-30)20(31)27-17(23(34)35)9-14-5-2-1-3-6-14/h1-3,5-6,11,13,16-19,30H,4,7-10,12,24H2,(H,25,26)(H,27,31)(H,28,32)(H,34,35). The van der Waals surface area contributed by atoms with Crippen molar-refractivity contribution in [2.24, 2.45) is 5.73 Å². The highest BCUT2D eigenvalue weighted by atomic mass is 16.4. The summed E-state index contributed by atoms with van der Waals surface area (Å²) in [6, 6.07) is 4.40. The van der Waals surface area contributed by atoms with Crippen molar-refractivity contribution < 1.29 is 29.4 Å². The molecule has 1 aromatic heterocycles. The Balaban J connectivity index is 1.60. The summed E-state index contributed by atoms with van der Waals surface area (Å²) in [4.78, 5) is 58.2. The second-order valence-electron chi connectivity index (χ2n) is 8.41. The lowest BCUT2D eigenvalue weighted by atomic mass is 10.1. The molecule has 4 unspecified atom stereocenters. The predicted molar refractivity (Wildman–Crippen MR) is 124 cm³/mol. The van der Waals surface area contributed by atoms with Gasteiger partial charge in [-0.1, -0.05) is 30.3 Å². The zero-order valence-electron chi connectivity index (χ0n) is 19.1. The summed E-state index contributed by atoms with van der Waals surface area (Å²) >= 11 is 0. The molecule has 3 rings (SSSR count). The van der Waals surface area contributed by atoms with E-state index in [0.29, 0.717) is 30.6 Å². The zero-order chi connectivity index (χ0) is 25.4. The molecular formula is C23H30N6O6. The van der Waals surface area contributed by atoms with Gasteiger partial charge in [-0.25, -0.2) is 9.78 Å². The van der Waals surface area contributed by atoms with Gasteiger partial charge in [0, 0.05) is 31.3 Å². The van der Waals surface area contributed by atoms with Crippen LogP contribution >= 0.6 is 0 Å². The minimum atomic E-state index is -1.38. The lowest BCUT2D eigenvalue weighted by Gasteiger charge is -2.28. The number of amides is 3. The van der Waals surface area contributed by atoms with Crippen LogP contribution in [-0.4, -0.2) is 86.1 Å². The Morgan fingerprint density at radius 2 is 1.89 bits per heavy atom. The van der Waals surface area contributed by atoms with Crippen molar-refractivity contribution in [2.75, 3.05) is 13.2 Å². The fourth-order valence-corrected chi connectivity index (χ4v) is 4.02. The number of nitrogens with zero attached hydrogens (tertiary/aromatic N) is 2. The molecule has 1 saturated heterocycles. The molecule has 1 aliphatic heterocycles. The molecule has 188 valence electrons. The molecule has 0 aliphatic carbocycles. The van der Waals surface area contributed by atoms with Gasteiger partial charge in [0.15, 0.2) is 0 Å². The van der Waals surface area contributed by atoms with Crippen LogP contribution in [0.15, 0.2) is 42.9 Å². The first-order chi connectivity index (χ1) is 16.8. The van der Waals surface area contributed by atoms with Gasteiger partial charge in [0.1, 0.15) is 18.1 Å². The van der Waals surface area contributed by atoms with Crippen LogP contribution in [-0.2, 0) is 32.0 Å². The number of aliphatic hydroxyl groups excluding tert-OH is 1. The molecule has 0 spiro atoms. The van der Waals surface area contributed by atoms with E-state index in [-0.39, 0.29) is 12.8 Å². The molecule has 0 radical (unpaired) electrons. The number of H-pyrrole nitrogens is 1. The van der Waals surface area contributed by atoms with E-state index >= 15 is 0 Å². The Hall–Kier alpha value is -3.77. The lowest BCUT2D eigenvalue weighted by Crippen LogP contribution is -2.58. The SMILES string of the molecule is NC(Cc1cnc[nH]1)C(=O)N1CCCC1C(=O)NC(CO)C(=O)NC(Cc1ccccc1)C(=O)O. The van der Waals surface area contributed by atoms with Crippen LogP contribution in [0.2, 0.25) is 0 Å². The molecule has 4 atom stereocenters. The molecule has 35 heavy (non-hydrogen) atoms. The number of hydrogen-bond donors (Lipinski definition) is 6. The Morgan fingerprint density at radius 1 is 1.14 bits per heavy atom. The monoisotopic (exact) mass is 486 g/mol. The molecule has 0 bridgehead atoms. The number of aromatic amines is 1. The quantitative estimate of drug-likeness (QED) is 0.222. The van der Waals surface area contributed by atoms with E-state index in [9.17, 15) is 29.4 Å². The maximum Gasteiger partial charge on any atom is 0.326 e. The molecule has 7 N–H and O–H groups in total. The van der Waals surface area contributed by atoms with E-state index in [4.69, 9.17) is 5.73 Å². The van der Waals surface area contributed by atoms with Crippen molar-refractivity contribution >= 4 is 23.7 Å². The average Bonchev–Trinajstić information content (AvgIpc) is 3.54. The summed E-state index contributed by atoms with van der Waals surface area (Å²) in [7, 11) is 0. The third-order valence-corrected chi connectivity index (χ3v) is 5.86. The number of aliphatic hydroxyl groups is 1. The first kappa shape index (κ1) is 25.8. The topological polar surface area (TPSA) is 191 Å². The number of carbonyl (C=O) groups excluding carboxylic acids is 3. The summed E-state index contributed by atoms with van der Waals surface area (Å²) in [5.41, 5.74) is 7.43. The van der Waals surface area contributed by atoms with Gasteiger partial charge < -0.3 is 36.5 Å².